The van der Waals surface area contributed by atoms with E-state index in [4.69, 9.17) is 9.47 Å². The molecule has 0 aromatic heterocycles. The molecule has 0 aliphatic heterocycles. The molecule has 0 radical (unpaired) electrons. The van der Waals surface area contributed by atoms with E-state index in [0.29, 0.717) is 18.8 Å². The Kier molecular flexibility index (Phi) is 8.09. The highest BCUT2D eigenvalue weighted by molar-refractivity contribution is 14.1. The molecular formula is C21H25IN2O3. The van der Waals surface area contributed by atoms with E-state index < -0.39 is 0 Å². The van der Waals surface area contributed by atoms with Gasteiger partial charge < -0.3 is 9.47 Å². The van der Waals surface area contributed by atoms with Crippen LogP contribution in [0.4, 0.5) is 0 Å². The lowest BCUT2D eigenvalue weighted by Crippen LogP contribution is -2.20. The maximum absolute atomic E-state index is 12.1. The summed E-state index contributed by atoms with van der Waals surface area (Å²) in [5.41, 5.74) is 6.70. The Morgan fingerprint density at radius 3 is 2.70 bits per heavy atom. The van der Waals surface area contributed by atoms with Crippen LogP contribution in [0.1, 0.15) is 35.6 Å². The van der Waals surface area contributed by atoms with Crippen molar-refractivity contribution in [3.8, 4) is 11.5 Å². The summed E-state index contributed by atoms with van der Waals surface area (Å²) in [6.45, 7) is 6.74. The topological polar surface area (TPSA) is 59.9 Å². The zero-order valence-corrected chi connectivity index (χ0v) is 18.3. The summed E-state index contributed by atoms with van der Waals surface area (Å²) in [4.78, 5) is 12.1. The average molecular weight is 480 g/mol. The van der Waals surface area contributed by atoms with Gasteiger partial charge in [0.2, 0.25) is 5.91 Å². The van der Waals surface area contributed by atoms with Crippen molar-refractivity contribution in [1.82, 2.24) is 5.43 Å². The van der Waals surface area contributed by atoms with E-state index in [0.717, 1.165) is 32.4 Å². The molecule has 0 aliphatic rings. The Morgan fingerprint density at radius 1 is 1.26 bits per heavy atom. The third-order valence-corrected chi connectivity index (χ3v) is 4.76. The summed E-state index contributed by atoms with van der Waals surface area (Å²) in [6, 6.07) is 9.84. The lowest BCUT2D eigenvalue weighted by atomic mass is 10.0. The predicted octanol–water partition coefficient (Wildman–Crippen LogP) is 4.40. The molecule has 0 atom stereocenters. The van der Waals surface area contributed by atoms with Crippen LogP contribution in [0.5, 0.6) is 11.5 Å². The molecule has 6 heteroatoms. The normalized spacial score (nSPS) is 10.9. The molecule has 0 saturated heterocycles. The van der Waals surface area contributed by atoms with E-state index in [1.807, 2.05) is 38.1 Å². The fraction of sp³-hybridized carbons (Fsp3) is 0.333. The minimum Gasteiger partial charge on any atom is -0.493 e. The van der Waals surface area contributed by atoms with Gasteiger partial charge >= 0.3 is 0 Å². The van der Waals surface area contributed by atoms with Crippen molar-refractivity contribution in [2.75, 3.05) is 13.7 Å². The Morgan fingerprint density at radius 2 is 2.04 bits per heavy atom. The van der Waals surface area contributed by atoms with Crippen LogP contribution in [0.25, 0.3) is 0 Å². The summed E-state index contributed by atoms with van der Waals surface area (Å²) in [6.07, 6.45) is 2.83. The van der Waals surface area contributed by atoms with Crippen molar-refractivity contribution in [2.24, 2.45) is 5.10 Å². The molecule has 0 unspecified atom stereocenters. The van der Waals surface area contributed by atoms with Gasteiger partial charge in [-0.15, -0.1) is 0 Å². The Balaban J connectivity index is 2.02. The molecule has 2 rings (SSSR count). The molecule has 2 aromatic carbocycles. The van der Waals surface area contributed by atoms with Crippen LogP contribution < -0.4 is 14.9 Å². The fourth-order valence-electron chi connectivity index (χ4n) is 2.59. The molecule has 144 valence electrons. The number of aryl methyl sites for hydroxylation is 2. The smallest absolute Gasteiger partial charge is 0.244 e. The lowest BCUT2D eigenvalue weighted by Gasteiger charge is -2.12. The van der Waals surface area contributed by atoms with Crippen LogP contribution in [0.15, 0.2) is 35.4 Å². The minimum atomic E-state index is -0.150. The first-order chi connectivity index (χ1) is 12.9. The van der Waals surface area contributed by atoms with Crippen LogP contribution >= 0.6 is 22.6 Å². The van der Waals surface area contributed by atoms with Crippen molar-refractivity contribution in [1.29, 1.82) is 0 Å². The van der Waals surface area contributed by atoms with Crippen molar-refractivity contribution < 1.29 is 14.3 Å². The van der Waals surface area contributed by atoms with Gasteiger partial charge in [-0.1, -0.05) is 30.7 Å². The van der Waals surface area contributed by atoms with Gasteiger partial charge in [0, 0.05) is 0 Å². The van der Waals surface area contributed by atoms with Crippen LogP contribution in [0.2, 0.25) is 0 Å². The first-order valence-corrected chi connectivity index (χ1v) is 9.90. The van der Waals surface area contributed by atoms with Gasteiger partial charge in [0.05, 0.1) is 29.9 Å². The summed E-state index contributed by atoms with van der Waals surface area (Å²) >= 11 is 2.21. The number of methoxy groups -OCH3 is 1. The Bertz CT molecular complexity index is 834. The summed E-state index contributed by atoms with van der Waals surface area (Å²) in [5, 5.41) is 4.07. The summed E-state index contributed by atoms with van der Waals surface area (Å²) < 4.78 is 12.1. The molecule has 1 amide bonds. The summed E-state index contributed by atoms with van der Waals surface area (Å²) in [5.74, 6) is 1.23. The number of hydrogen-bond donors (Lipinski definition) is 1. The van der Waals surface area contributed by atoms with Crippen LogP contribution in [0, 0.1) is 17.4 Å². The number of carbonyl (C=O) groups is 1. The maximum atomic E-state index is 12.1. The van der Waals surface area contributed by atoms with Gasteiger partial charge in [-0.25, -0.2) is 5.43 Å². The largest absolute Gasteiger partial charge is 0.493 e. The number of ether oxygens (including phenoxy) is 2. The van der Waals surface area contributed by atoms with Gasteiger partial charge in [0.15, 0.2) is 11.5 Å². The van der Waals surface area contributed by atoms with E-state index in [1.165, 1.54) is 5.56 Å². The molecule has 0 aliphatic carbocycles. The predicted molar refractivity (Wildman–Crippen MR) is 117 cm³/mol. The maximum Gasteiger partial charge on any atom is 0.244 e. The monoisotopic (exact) mass is 480 g/mol. The van der Waals surface area contributed by atoms with Gasteiger partial charge in [0.1, 0.15) is 0 Å². The number of nitrogens with one attached hydrogen (secondary N) is 1. The van der Waals surface area contributed by atoms with E-state index in [1.54, 1.807) is 13.3 Å². The van der Waals surface area contributed by atoms with Gasteiger partial charge in [0.25, 0.3) is 0 Å². The Hall–Kier alpha value is -2.09. The first kappa shape index (κ1) is 21.2. The third-order valence-electron chi connectivity index (χ3n) is 3.95. The molecular weight excluding hydrogens is 455 g/mol. The quantitative estimate of drug-likeness (QED) is 0.346. The highest BCUT2D eigenvalue weighted by Crippen LogP contribution is 2.33. The van der Waals surface area contributed by atoms with E-state index >= 15 is 0 Å². The van der Waals surface area contributed by atoms with E-state index in [9.17, 15) is 4.79 Å². The molecule has 1 N–H and O–H groups in total. The van der Waals surface area contributed by atoms with Gasteiger partial charge in [-0.05, 0) is 71.7 Å². The standard InChI is InChI=1S/C21H25IN2O3/c1-5-8-27-21-18(22)10-16(11-19(21)26-4)13-23-24-20(25)12-17-7-6-14(2)9-15(17)3/h6-7,9-11,13H,5,8,12H2,1-4H3,(H,24,25)/b23-13-. The van der Waals surface area contributed by atoms with E-state index in [2.05, 4.69) is 46.1 Å². The Labute approximate surface area is 174 Å². The number of benzene rings is 2. The van der Waals surface area contributed by atoms with E-state index in [-0.39, 0.29) is 5.91 Å². The molecule has 27 heavy (non-hydrogen) atoms. The number of amides is 1. The highest BCUT2D eigenvalue weighted by Gasteiger charge is 2.11. The van der Waals surface area contributed by atoms with Gasteiger partial charge in [-0.2, -0.15) is 5.10 Å². The number of hydrazone groups is 1. The van der Waals surface area contributed by atoms with Crippen molar-refractivity contribution in [3.63, 3.8) is 0 Å². The molecule has 0 heterocycles. The molecule has 0 saturated carbocycles. The van der Waals surface area contributed by atoms with Crippen LogP contribution in [-0.2, 0) is 11.2 Å². The lowest BCUT2D eigenvalue weighted by molar-refractivity contribution is -0.120. The SMILES string of the molecule is CCCOc1c(I)cc(/C=N\NC(=O)Cc2ccc(C)cc2C)cc1OC. The number of halogens is 1. The van der Waals surface area contributed by atoms with Crippen molar-refractivity contribution in [3.05, 3.63) is 56.2 Å². The average Bonchev–Trinajstić information content (AvgIpc) is 2.63. The first-order valence-electron chi connectivity index (χ1n) is 8.83. The second-order valence-electron chi connectivity index (χ2n) is 6.28. The summed E-state index contributed by atoms with van der Waals surface area (Å²) in [7, 11) is 1.61. The molecule has 0 fully saturated rings. The van der Waals surface area contributed by atoms with Crippen LogP contribution in [0.3, 0.4) is 0 Å². The van der Waals surface area contributed by atoms with Crippen molar-refractivity contribution in [2.45, 2.75) is 33.6 Å². The number of carbonyl (C=O) groups excluding carboxylic acids is 1. The minimum absolute atomic E-state index is 0.150. The van der Waals surface area contributed by atoms with Crippen molar-refractivity contribution >= 4 is 34.7 Å². The molecule has 5 nitrogen and oxygen atoms in total. The third kappa shape index (κ3) is 6.23. The van der Waals surface area contributed by atoms with Gasteiger partial charge in [-0.3, -0.25) is 4.79 Å². The van der Waals surface area contributed by atoms with Crippen LogP contribution in [-0.4, -0.2) is 25.8 Å². The number of rotatable bonds is 8. The second-order valence-corrected chi connectivity index (χ2v) is 7.44. The zero-order chi connectivity index (χ0) is 19.8. The highest BCUT2D eigenvalue weighted by atomic mass is 127. The second kappa shape index (κ2) is 10.3. The fourth-order valence-corrected chi connectivity index (χ4v) is 3.38. The molecule has 0 spiro atoms. The zero-order valence-electron chi connectivity index (χ0n) is 16.1. The molecule has 0 bridgehead atoms. The molecule has 2 aromatic rings. The number of nitrogens with zero attached hydrogens (tertiary/aromatic N) is 1. The number of hydrogen-bond acceptors (Lipinski definition) is 4.